The molecule has 0 spiro atoms. The molecule has 1 aromatic rings. The summed E-state index contributed by atoms with van der Waals surface area (Å²) >= 11 is 0. The van der Waals surface area contributed by atoms with Crippen molar-refractivity contribution in [2.75, 3.05) is 35.2 Å². The van der Waals surface area contributed by atoms with E-state index in [1.165, 1.54) is 16.5 Å². The van der Waals surface area contributed by atoms with Gasteiger partial charge in [0.15, 0.2) is 9.84 Å². The van der Waals surface area contributed by atoms with E-state index in [2.05, 4.69) is 5.32 Å². The van der Waals surface area contributed by atoms with E-state index in [-0.39, 0.29) is 18.8 Å². The number of rotatable bonds is 4. The van der Waals surface area contributed by atoms with Gasteiger partial charge >= 0.3 is 12.2 Å². The number of sulfone groups is 1. The van der Waals surface area contributed by atoms with Crippen molar-refractivity contribution in [3.05, 3.63) is 35.9 Å². The molecule has 2 N–H and O–H groups in total. The molecule has 134 valence electrons. The molecule has 1 fully saturated rings. The third kappa shape index (κ3) is 4.02. The lowest BCUT2D eigenvalue weighted by atomic mass is 10.2. The summed E-state index contributed by atoms with van der Waals surface area (Å²) in [5.74, 6) is 0.0575. The number of cyclic esters (lactones) is 1. The van der Waals surface area contributed by atoms with Crippen LogP contribution in [0.25, 0.3) is 0 Å². The van der Waals surface area contributed by atoms with Crippen LogP contribution < -0.4 is 15.1 Å². The zero-order valence-electron chi connectivity index (χ0n) is 13.2. The van der Waals surface area contributed by atoms with Crippen LogP contribution in [0, 0.1) is 0 Å². The van der Waals surface area contributed by atoms with Gasteiger partial charge in [0.1, 0.15) is 6.10 Å². The molecule has 0 saturated carbocycles. The Morgan fingerprint density at radius 3 is 2.56 bits per heavy atom. The largest absolute Gasteiger partial charge is 0.465 e. The van der Waals surface area contributed by atoms with Gasteiger partial charge in [-0.3, -0.25) is 4.90 Å². The molecular formula is C15H17N3O6S. The third-order valence-electron chi connectivity index (χ3n) is 3.91. The maximum atomic E-state index is 11.9. The quantitative estimate of drug-likeness (QED) is 0.815. The molecule has 9 nitrogen and oxygen atoms in total. The van der Waals surface area contributed by atoms with Gasteiger partial charge in [-0.25, -0.2) is 18.0 Å². The topological polar surface area (TPSA) is 116 Å². The monoisotopic (exact) mass is 367 g/mol. The first-order valence-electron chi connectivity index (χ1n) is 7.57. The zero-order valence-corrected chi connectivity index (χ0v) is 14.0. The molecule has 2 aliphatic rings. The minimum atomic E-state index is -3.11. The number of amides is 2. The van der Waals surface area contributed by atoms with E-state index in [0.717, 1.165) is 5.69 Å². The van der Waals surface area contributed by atoms with E-state index >= 15 is 0 Å². The van der Waals surface area contributed by atoms with Crippen LogP contribution in [0.2, 0.25) is 0 Å². The number of carbonyl (C=O) groups excluding carboxylic acids is 1. The van der Waals surface area contributed by atoms with Gasteiger partial charge in [-0.15, -0.1) is 0 Å². The summed E-state index contributed by atoms with van der Waals surface area (Å²) in [7, 11) is -3.11. The van der Waals surface area contributed by atoms with Crippen molar-refractivity contribution in [3.63, 3.8) is 0 Å². The molecule has 1 atom stereocenters. The second-order valence-corrected chi connectivity index (χ2v) is 7.67. The van der Waals surface area contributed by atoms with Gasteiger partial charge in [-0.1, -0.05) is 0 Å². The van der Waals surface area contributed by atoms with Crippen molar-refractivity contribution in [2.24, 2.45) is 0 Å². The van der Waals surface area contributed by atoms with E-state index in [1.807, 2.05) is 4.90 Å². The highest BCUT2D eigenvalue weighted by atomic mass is 32.2. The molecule has 2 amide bonds. The van der Waals surface area contributed by atoms with Crippen molar-refractivity contribution in [1.29, 1.82) is 0 Å². The Bertz CT molecular complexity index is 805. The van der Waals surface area contributed by atoms with Gasteiger partial charge in [0.25, 0.3) is 0 Å². The smallest absolute Gasteiger partial charge is 0.414 e. The molecule has 1 aromatic carbocycles. The first kappa shape index (κ1) is 17.1. The Balaban J connectivity index is 1.66. The van der Waals surface area contributed by atoms with Crippen molar-refractivity contribution in [2.45, 2.75) is 6.10 Å². The van der Waals surface area contributed by atoms with Crippen LogP contribution in [0.15, 0.2) is 35.9 Å². The average Bonchev–Trinajstić information content (AvgIpc) is 2.94. The number of hydrogen-bond acceptors (Lipinski definition) is 6. The lowest BCUT2D eigenvalue weighted by Crippen LogP contribution is -2.33. The fourth-order valence-electron chi connectivity index (χ4n) is 2.61. The average molecular weight is 367 g/mol. The first-order valence-corrected chi connectivity index (χ1v) is 9.28. The van der Waals surface area contributed by atoms with Crippen LogP contribution in [-0.4, -0.2) is 57.2 Å². The summed E-state index contributed by atoms with van der Waals surface area (Å²) in [6, 6.07) is 7.04. The van der Waals surface area contributed by atoms with Gasteiger partial charge in [-0.05, 0) is 24.3 Å². The Morgan fingerprint density at radius 2 is 1.96 bits per heavy atom. The second kappa shape index (κ2) is 6.63. The summed E-state index contributed by atoms with van der Waals surface area (Å²) in [5, 5.41) is 12.0. The van der Waals surface area contributed by atoms with Gasteiger partial charge in [0, 0.05) is 29.5 Å². The Morgan fingerprint density at radius 1 is 1.28 bits per heavy atom. The van der Waals surface area contributed by atoms with E-state index in [0.29, 0.717) is 12.2 Å². The molecule has 1 saturated heterocycles. The summed E-state index contributed by atoms with van der Waals surface area (Å²) in [4.78, 5) is 25.7. The van der Waals surface area contributed by atoms with Crippen molar-refractivity contribution in [3.8, 4) is 0 Å². The molecule has 0 aromatic heterocycles. The van der Waals surface area contributed by atoms with Crippen LogP contribution >= 0.6 is 0 Å². The van der Waals surface area contributed by atoms with Crippen LogP contribution in [0.1, 0.15) is 0 Å². The molecule has 3 rings (SSSR count). The number of carboxylic acid groups (broad SMARTS) is 1. The van der Waals surface area contributed by atoms with Crippen LogP contribution in [0.5, 0.6) is 0 Å². The second-order valence-electron chi connectivity index (χ2n) is 5.66. The summed E-state index contributed by atoms with van der Waals surface area (Å²) in [5.41, 5.74) is 1.44. The van der Waals surface area contributed by atoms with Crippen LogP contribution in [0.3, 0.4) is 0 Å². The molecule has 25 heavy (non-hydrogen) atoms. The van der Waals surface area contributed by atoms with Crippen molar-refractivity contribution in [1.82, 2.24) is 5.32 Å². The maximum absolute atomic E-state index is 11.9. The van der Waals surface area contributed by atoms with Crippen molar-refractivity contribution >= 4 is 33.4 Å². The minimum Gasteiger partial charge on any atom is -0.465 e. The predicted molar refractivity (Wildman–Crippen MR) is 90.4 cm³/mol. The maximum Gasteiger partial charge on any atom is 0.414 e. The van der Waals surface area contributed by atoms with E-state index in [9.17, 15) is 18.0 Å². The normalized spacial score (nSPS) is 21.9. The lowest BCUT2D eigenvalue weighted by molar-refractivity contribution is 0.136. The van der Waals surface area contributed by atoms with E-state index in [1.54, 1.807) is 24.3 Å². The number of anilines is 2. The number of benzene rings is 1. The fourth-order valence-corrected chi connectivity index (χ4v) is 3.53. The SMILES string of the molecule is O=C(O)NC[C@H]1CN(c2ccc(N3C=CS(=O)(=O)CC3)cc2)C(=O)O1. The Kier molecular flexibility index (Phi) is 4.53. The van der Waals surface area contributed by atoms with Crippen molar-refractivity contribution < 1.29 is 27.9 Å². The number of nitrogens with one attached hydrogen (secondary N) is 1. The van der Waals surface area contributed by atoms with Gasteiger partial charge in [-0.2, -0.15) is 0 Å². The highest BCUT2D eigenvalue weighted by molar-refractivity contribution is 7.94. The van der Waals surface area contributed by atoms with Gasteiger partial charge in [0.05, 0.1) is 18.8 Å². The Hall–Kier alpha value is -2.75. The number of hydrogen-bond donors (Lipinski definition) is 2. The predicted octanol–water partition coefficient (Wildman–Crippen LogP) is 0.985. The molecule has 0 aliphatic carbocycles. The number of nitrogens with zero attached hydrogens (tertiary/aromatic N) is 2. The minimum absolute atomic E-state index is 0.0305. The van der Waals surface area contributed by atoms with Crippen LogP contribution in [0.4, 0.5) is 21.0 Å². The summed E-state index contributed by atoms with van der Waals surface area (Å²) < 4.78 is 27.9. The van der Waals surface area contributed by atoms with E-state index in [4.69, 9.17) is 9.84 Å². The zero-order chi connectivity index (χ0) is 18.0. The fraction of sp³-hybridized carbons (Fsp3) is 0.333. The van der Waals surface area contributed by atoms with Crippen LogP contribution in [-0.2, 0) is 14.6 Å². The first-order chi connectivity index (χ1) is 11.8. The highest BCUT2D eigenvalue weighted by Gasteiger charge is 2.32. The molecule has 2 heterocycles. The number of carbonyl (C=O) groups is 2. The highest BCUT2D eigenvalue weighted by Crippen LogP contribution is 2.25. The molecule has 0 radical (unpaired) electrons. The Labute approximate surface area is 144 Å². The summed E-state index contributed by atoms with van der Waals surface area (Å²) in [6.45, 7) is 0.649. The molecule has 10 heteroatoms. The lowest BCUT2D eigenvalue weighted by Gasteiger charge is -2.24. The standard InChI is InChI=1S/C15H17N3O6S/c19-14(20)16-9-13-10-18(15(21)24-13)12-3-1-11(2-4-12)17-5-7-25(22,23)8-6-17/h1-5,7,13,16H,6,8-10H2,(H,19,20)/t13-/m0/s1. The third-order valence-corrected chi connectivity index (χ3v) is 5.20. The molecule has 2 aliphatic heterocycles. The van der Waals surface area contributed by atoms with Gasteiger partial charge < -0.3 is 20.1 Å². The van der Waals surface area contributed by atoms with E-state index < -0.39 is 28.1 Å². The van der Waals surface area contributed by atoms with Gasteiger partial charge in [0.2, 0.25) is 0 Å². The molecular weight excluding hydrogens is 350 g/mol. The summed E-state index contributed by atoms with van der Waals surface area (Å²) in [6.07, 6.45) is -0.728. The molecule has 0 bridgehead atoms. The number of ether oxygens (including phenoxy) is 1. The molecule has 0 unspecified atom stereocenters.